The highest BCUT2D eigenvalue weighted by molar-refractivity contribution is 5.85. The number of nitrogens with two attached hydrogens (primary N) is 1. The van der Waals surface area contributed by atoms with Crippen molar-refractivity contribution in [2.24, 2.45) is 11.7 Å². The molecule has 0 saturated carbocycles. The molecule has 0 aliphatic heterocycles. The molecular formula is C9H16ClNO. The Morgan fingerprint density at radius 1 is 1.50 bits per heavy atom. The maximum Gasteiger partial charge on any atom is 0.120 e. The van der Waals surface area contributed by atoms with E-state index in [1.165, 1.54) is 0 Å². The first-order chi connectivity index (χ1) is 5.20. The van der Waals surface area contributed by atoms with Crippen LogP contribution in [0.4, 0.5) is 0 Å². The molecule has 1 atom stereocenters. The predicted molar refractivity (Wildman–Crippen MR) is 52.3 cm³/mol. The van der Waals surface area contributed by atoms with Gasteiger partial charge >= 0.3 is 0 Å². The van der Waals surface area contributed by atoms with Crippen LogP contribution in [0.2, 0.25) is 0 Å². The molecule has 0 fully saturated rings. The molecule has 0 spiro atoms. The van der Waals surface area contributed by atoms with Crippen molar-refractivity contribution in [3.05, 3.63) is 24.2 Å². The molecule has 1 rings (SSSR count). The SMILES string of the molecule is CC(C)C[C@@H](N)c1ccco1.Cl. The van der Waals surface area contributed by atoms with Crippen molar-refractivity contribution in [2.75, 3.05) is 0 Å². The Kier molecular flexibility index (Phi) is 5.02. The van der Waals surface area contributed by atoms with Crippen LogP contribution in [0.25, 0.3) is 0 Å². The van der Waals surface area contributed by atoms with Crippen LogP contribution in [0.1, 0.15) is 32.1 Å². The molecule has 2 N–H and O–H groups in total. The first-order valence-corrected chi connectivity index (χ1v) is 3.99. The van der Waals surface area contributed by atoms with Crippen molar-refractivity contribution in [3.63, 3.8) is 0 Å². The van der Waals surface area contributed by atoms with Gasteiger partial charge in [-0.15, -0.1) is 12.4 Å². The van der Waals surface area contributed by atoms with E-state index in [0.717, 1.165) is 12.2 Å². The summed E-state index contributed by atoms with van der Waals surface area (Å²) in [7, 11) is 0. The average Bonchev–Trinajstić information content (AvgIpc) is 2.35. The summed E-state index contributed by atoms with van der Waals surface area (Å²) in [6.07, 6.45) is 2.64. The second-order valence-corrected chi connectivity index (χ2v) is 3.25. The average molecular weight is 190 g/mol. The lowest BCUT2D eigenvalue weighted by Crippen LogP contribution is -2.11. The van der Waals surface area contributed by atoms with E-state index in [2.05, 4.69) is 13.8 Å². The van der Waals surface area contributed by atoms with E-state index in [0.29, 0.717) is 5.92 Å². The molecule has 0 aromatic carbocycles. The summed E-state index contributed by atoms with van der Waals surface area (Å²) in [5.41, 5.74) is 5.85. The summed E-state index contributed by atoms with van der Waals surface area (Å²) in [6, 6.07) is 3.85. The van der Waals surface area contributed by atoms with Crippen LogP contribution in [0.15, 0.2) is 22.8 Å². The van der Waals surface area contributed by atoms with Crippen molar-refractivity contribution in [3.8, 4) is 0 Å². The quantitative estimate of drug-likeness (QED) is 0.794. The molecule has 0 unspecified atom stereocenters. The lowest BCUT2D eigenvalue weighted by atomic mass is 10.0. The van der Waals surface area contributed by atoms with Gasteiger partial charge in [0.1, 0.15) is 5.76 Å². The fourth-order valence-corrected chi connectivity index (χ4v) is 1.13. The van der Waals surface area contributed by atoms with Gasteiger partial charge in [-0.05, 0) is 24.5 Å². The van der Waals surface area contributed by atoms with Gasteiger partial charge in [-0.1, -0.05) is 13.8 Å². The normalized spacial score (nSPS) is 12.7. The van der Waals surface area contributed by atoms with E-state index in [4.69, 9.17) is 10.2 Å². The van der Waals surface area contributed by atoms with E-state index >= 15 is 0 Å². The molecule has 1 heterocycles. The zero-order valence-electron chi connectivity index (χ0n) is 7.49. The van der Waals surface area contributed by atoms with Gasteiger partial charge in [0.25, 0.3) is 0 Å². The van der Waals surface area contributed by atoms with Gasteiger partial charge in [0.2, 0.25) is 0 Å². The number of hydrogen-bond acceptors (Lipinski definition) is 2. The Morgan fingerprint density at radius 3 is 2.58 bits per heavy atom. The molecule has 0 aliphatic rings. The van der Waals surface area contributed by atoms with E-state index in [9.17, 15) is 0 Å². The molecule has 0 radical (unpaired) electrons. The topological polar surface area (TPSA) is 39.2 Å². The van der Waals surface area contributed by atoms with Crippen molar-refractivity contribution in [2.45, 2.75) is 26.3 Å². The molecule has 12 heavy (non-hydrogen) atoms. The van der Waals surface area contributed by atoms with Gasteiger partial charge in [0, 0.05) is 0 Å². The zero-order chi connectivity index (χ0) is 8.27. The van der Waals surface area contributed by atoms with Gasteiger partial charge in [-0.25, -0.2) is 0 Å². The Bertz CT molecular complexity index is 196. The van der Waals surface area contributed by atoms with Gasteiger partial charge < -0.3 is 10.2 Å². The van der Waals surface area contributed by atoms with Crippen LogP contribution < -0.4 is 5.73 Å². The van der Waals surface area contributed by atoms with E-state index < -0.39 is 0 Å². The Labute approximate surface area is 79.5 Å². The molecular weight excluding hydrogens is 174 g/mol. The Balaban J connectivity index is 0.00000121. The summed E-state index contributed by atoms with van der Waals surface area (Å²) in [5.74, 6) is 1.51. The van der Waals surface area contributed by atoms with Crippen molar-refractivity contribution in [1.29, 1.82) is 0 Å². The molecule has 0 bridgehead atoms. The first-order valence-electron chi connectivity index (χ1n) is 3.99. The van der Waals surface area contributed by atoms with E-state index in [-0.39, 0.29) is 18.4 Å². The first kappa shape index (κ1) is 11.5. The minimum absolute atomic E-state index is 0. The van der Waals surface area contributed by atoms with Crippen molar-refractivity contribution < 1.29 is 4.42 Å². The highest BCUT2D eigenvalue weighted by atomic mass is 35.5. The van der Waals surface area contributed by atoms with Crippen LogP contribution in [0.3, 0.4) is 0 Å². The van der Waals surface area contributed by atoms with Crippen LogP contribution in [-0.2, 0) is 0 Å². The van der Waals surface area contributed by atoms with Crippen LogP contribution in [0, 0.1) is 5.92 Å². The summed E-state index contributed by atoms with van der Waals surface area (Å²) in [6.45, 7) is 4.31. The molecule has 1 aromatic heterocycles. The van der Waals surface area contributed by atoms with Gasteiger partial charge in [0.15, 0.2) is 0 Å². The molecule has 1 aromatic rings. The van der Waals surface area contributed by atoms with Crippen molar-refractivity contribution in [1.82, 2.24) is 0 Å². The summed E-state index contributed by atoms with van der Waals surface area (Å²) >= 11 is 0. The largest absolute Gasteiger partial charge is 0.468 e. The lowest BCUT2D eigenvalue weighted by molar-refractivity contribution is 0.416. The van der Waals surface area contributed by atoms with Gasteiger partial charge in [-0.2, -0.15) is 0 Å². The maximum atomic E-state index is 5.85. The van der Waals surface area contributed by atoms with Gasteiger partial charge in [-0.3, -0.25) is 0 Å². The van der Waals surface area contributed by atoms with E-state index in [1.54, 1.807) is 6.26 Å². The molecule has 2 nitrogen and oxygen atoms in total. The highest BCUT2D eigenvalue weighted by Crippen LogP contribution is 2.18. The third-order valence-electron chi connectivity index (χ3n) is 1.63. The fraction of sp³-hybridized carbons (Fsp3) is 0.556. The predicted octanol–water partition coefficient (Wildman–Crippen LogP) is 2.75. The standard InChI is InChI=1S/C9H15NO.ClH/c1-7(2)6-8(10)9-4-3-5-11-9;/h3-5,7-8H,6,10H2,1-2H3;1H/t8-;/m1./s1. The molecule has 0 amide bonds. The third kappa shape index (κ3) is 3.28. The van der Waals surface area contributed by atoms with Gasteiger partial charge in [0.05, 0.1) is 12.3 Å². The monoisotopic (exact) mass is 189 g/mol. The van der Waals surface area contributed by atoms with Crippen LogP contribution in [-0.4, -0.2) is 0 Å². The molecule has 0 saturated heterocycles. The fourth-order valence-electron chi connectivity index (χ4n) is 1.13. The lowest BCUT2D eigenvalue weighted by Gasteiger charge is -2.10. The second-order valence-electron chi connectivity index (χ2n) is 3.25. The Hall–Kier alpha value is -0.470. The van der Waals surface area contributed by atoms with Crippen LogP contribution in [0.5, 0.6) is 0 Å². The number of halogens is 1. The third-order valence-corrected chi connectivity index (χ3v) is 1.63. The molecule has 0 aliphatic carbocycles. The van der Waals surface area contributed by atoms with Crippen molar-refractivity contribution >= 4 is 12.4 Å². The maximum absolute atomic E-state index is 5.85. The molecule has 70 valence electrons. The number of hydrogen-bond donors (Lipinski definition) is 1. The zero-order valence-corrected chi connectivity index (χ0v) is 8.30. The number of furan rings is 1. The minimum atomic E-state index is 0. The second kappa shape index (κ2) is 5.22. The minimum Gasteiger partial charge on any atom is -0.468 e. The smallest absolute Gasteiger partial charge is 0.120 e. The summed E-state index contributed by atoms with van der Waals surface area (Å²) in [5, 5.41) is 0. The molecule has 3 heteroatoms. The summed E-state index contributed by atoms with van der Waals surface area (Å²) in [4.78, 5) is 0. The van der Waals surface area contributed by atoms with E-state index in [1.807, 2.05) is 12.1 Å². The number of rotatable bonds is 3. The summed E-state index contributed by atoms with van der Waals surface area (Å²) < 4.78 is 5.17. The highest BCUT2D eigenvalue weighted by Gasteiger charge is 2.09. The van der Waals surface area contributed by atoms with Crippen LogP contribution >= 0.6 is 12.4 Å². The Morgan fingerprint density at radius 2 is 2.17 bits per heavy atom.